The number of rotatable bonds is 5. The van der Waals surface area contributed by atoms with Gasteiger partial charge in [-0.15, -0.1) is 0 Å². The Morgan fingerprint density at radius 1 is 1.21 bits per heavy atom. The van der Waals surface area contributed by atoms with Crippen molar-refractivity contribution >= 4 is 53.5 Å². The van der Waals surface area contributed by atoms with Crippen LogP contribution in [0.25, 0.3) is 21.1 Å². The molecular formula is C23H22N4O4S2. The Bertz CT molecular complexity index is 1450. The lowest BCUT2D eigenvalue weighted by molar-refractivity contribution is -0.120. The maximum atomic E-state index is 13.4. The Hall–Kier alpha value is -3.08. The maximum Gasteiger partial charge on any atom is 0.245 e. The van der Waals surface area contributed by atoms with Gasteiger partial charge in [0.1, 0.15) is 10.6 Å². The number of thiazole rings is 1. The molecule has 1 saturated heterocycles. The number of anilines is 1. The van der Waals surface area contributed by atoms with Crippen LogP contribution in [0.2, 0.25) is 0 Å². The molecule has 2 aromatic heterocycles. The number of ether oxygens (including phenoxy) is 1. The second-order valence-electron chi connectivity index (χ2n) is 7.88. The number of hydrogen-bond donors (Lipinski definition) is 1. The van der Waals surface area contributed by atoms with Crippen molar-refractivity contribution in [3.8, 4) is 5.75 Å². The first kappa shape index (κ1) is 21.7. The molecule has 1 N–H and O–H groups in total. The van der Waals surface area contributed by atoms with Crippen LogP contribution in [0.15, 0.2) is 59.6 Å². The summed E-state index contributed by atoms with van der Waals surface area (Å²) >= 11 is 1.36. The van der Waals surface area contributed by atoms with E-state index in [1.807, 2.05) is 30.3 Å². The molecule has 170 valence electrons. The van der Waals surface area contributed by atoms with Gasteiger partial charge in [0.05, 0.1) is 28.8 Å². The van der Waals surface area contributed by atoms with Crippen LogP contribution in [0.1, 0.15) is 12.8 Å². The fourth-order valence-corrected chi connectivity index (χ4v) is 6.68. The van der Waals surface area contributed by atoms with Crippen molar-refractivity contribution in [2.24, 2.45) is 5.92 Å². The number of methoxy groups -OCH3 is 1. The fourth-order valence-electron chi connectivity index (χ4n) is 4.09. The number of fused-ring (bicyclic) bond motifs is 2. The van der Waals surface area contributed by atoms with Gasteiger partial charge in [0, 0.05) is 24.7 Å². The number of benzene rings is 2. The van der Waals surface area contributed by atoms with Crippen molar-refractivity contribution < 1.29 is 17.9 Å². The van der Waals surface area contributed by atoms with Gasteiger partial charge in [0.15, 0.2) is 5.13 Å². The molecule has 8 nitrogen and oxygen atoms in total. The summed E-state index contributed by atoms with van der Waals surface area (Å²) in [6.07, 6.45) is 2.80. The number of pyridine rings is 1. The highest BCUT2D eigenvalue weighted by Gasteiger charge is 2.34. The van der Waals surface area contributed by atoms with E-state index >= 15 is 0 Å². The molecule has 1 aliphatic rings. The third kappa shape index (κ3) is 4.17. The minimum absolute atomic E-state index is 0.121. The number of aromatic nitrogens is 2. The second-order valence-corrected chi connectivity index (χ2v) is 10.8. The van der Waals surface area contributed by atoms with Gasteiger partial charge in [-0.3, -0.25) is 9.78 Å². The van der Waals surface area contributed by atoms with Gasteiger partial charge in [-0.2, -0.15) is 4.31 Å². The van der Waals surface area contributed by atoms with Crippen LogP contribution in [0.3, 0.4) is 0 Å². The minimum Gasteiger partial charge on any atom is -0.497 e. The maximum absolute atomic E-state index is 13.4. The summed E-state index contributed by atoms with van der Waals surface area (Å²) in [5, 5.41) is 4.12. The summed E-state index contributed by atoms with van der Waals surface area (Å²) in [5.41, 5.74) is 1.21. The number of amides is 1. The highest BCUT2D eigenvalue weighted by molar-refractivity contribution is 7.89. The Balaban J connectivity index is 1.35. The van der Waals surface area contributed by atoms with Crippen molar-refractivity contribution in [2.45, 2.75) is 17.7 Å². The number of nitrogens with zero attached hydrogens (tertiary/aromatic N) is 3. The SMILES string of the molecule is COc1ccc2nc(NC(=O)C3CCCN(S(=O)(=O)c4cccc5cccnc45)C3)sc2c1. The highest BCUT2D eigenvalue weighted by Crippen LogP contribution is 2.31. The molecule has 1 fully saturated rings. The van der Waals surface area contributed by atoms with Gasteiger partial charge in [-0.05, 0) is 43.2 Å². The molecule has 0 bridgehead atoms. The van der Waals surface area contributed by atoms with E-state index in [4.69, 9.17) is 4.74 Å². The number of carbonyl (C=O) groups excluding carboxylic acids is 1. The van der Waals surface area contributed by atoms with Gasteiger partial charge in [-0.25, -0.2) is 13.4 Å². The summed E-state index contributed by atoms with van der Waals surface area (Å²) < 4.78 is 34.4. The zero-order chi connectivity index (χ0) is 23.0. The molecule has 5 rings (SSSR count). The first-order valence-electron chi connectivity index (χ1n) is 10.5. The van der Waals surface area contributed by atoms with Crippen LogP contribution in [0, 0.1) is 5.92 Å². The molecule has 0 spiro atoms. The minimum atomic E-state index is -3.79. The standard InChI is InChI=1S/C23H22N4O4S2/c1-31-17-9-10-18-19(13-17)32-23(25-18)26-22(28)16-7-4-12-27(14-16)33(29,30)20-8-2-5-15-6-3-11-24-21(15)20/h2-3,5-6,8-11,13,16H,4,7,12,14H2,1H3,(H,25,26,28). The third-order valence-corrected chi connectivity index (χ3v) is 8.62. The molecule has 1 amide bonds. The predicted molar refractivity (Wildman–Crippen MR) is 128 cm³/mol. The van der Waals surface area contributed by atoms with E-state index in [0.29, 0.717) is 30.0 Å². The zero-order valence-electron chi connectivity index (χ0n) is 17.9. The van der Waals surface area contributed by atoms with Crippen molar-refractivity contribution in [1.82, 2.24) is 14.3 Å². The van der Waals surface area contributed by atoms with Crippen molar-refractivity contribution in [2.75, 3.05) is 25.5 Å². The number of para-hydroxylation sites is 1. The highest BCUT2D eigenvalue weighted by atomic mass is 32.2. The quantitative estimate of drug-likeness (QED) is 0.463. The number of sulfonamides is 1. The van der Waals surface area contributed by atoms with E-state index in [2.05, 4.69) is 15.3 Å². The second kappa shape index (κ2) is 8.69. The first-order valence-corrected chi connectivity index (χ1v) is 12.8. The lowest BCUT2D eigenvalue weighted by Gasteiger charge is -2.31. The Morgan fingerprint density at radius 2 is 2.06 bits per heavy atom. The van der Waals surface area contributed by atoms with Crippen LogP contribution in [-0.2, 0) is 14.8 Å². The van der Waals surface area contributed by atoms with E-state index in [9.17, 15) is 13.2 Å². The molecule has 1 aliphatic heterocycles. The lowest BCUT2D eigenvalue weighted by Crippen LogP contribution is -2.43. The van der Waals surface area contributed by atoms with E-state index in [0.717, 1.165) is 21.4 Å². The van der Waals surface area contributed by atoms with E-state index in [1.54, 1.807) is 31.5 Å². The van der Waals surface area contributed by atoms with E-state index in [-0.39, 0.29) is 17.3 Å². The van der Waals surface area contributed by atoms with Gasteiger partial charge in [0.2, 0.25) is 15.9 Å². The summed E-state index contributed by atoms with van der Waals surface area (Å²) in [5.74, 6) is 0.0371. The van der Waals surface area contributed by atoms with Crippen molar-refractivity contribution in [3.63, 3.8) is 0 Å². The largest absolute Gasteiger partial charge is 0.497 e. The molecule has 4 aromatic rings. The van der Waals surface area contributed by atoms with Crippen LogP contribution in [0.4, 0.5) is 5.13 Å². The normalized spacial score (nSPS) is 17.3. The number of nitrogens with one attached hydrogen (secondary N) is 1. The van der Waals surface area contributed by atoms with Gasteiger partial charge in [-0.1, -0.05) is 29.5 Å². The summed E-state index contributed by atoms with van der Waals surface area (Å²) in [7, 11) is -2.19. The van der Waals surface area contributed by atoms with Crippen molar-refractivity contribution in [3.05, 3.63) is 54.7 Å². The molecule has 2 aromatic carbocycles. The average molecular weight is 483 g/mol. The zero-order valence-corrected chi connectivity index (χ0v) is 19.5. The van der Waals surface area contributed by atoms with Crippen LogP contribution in [-0.4, -0.2) is 48.8 Å². The number of carbonyl (C=O) groups is 1. The van der Waals surface area contributed by atoms with Crippen LogP contribution < -0.4 is 10.1 Å². The Labute approximate surface area is 195 Å². The number of hydrogen-bond acceptors (Lipinski definition) is 7. The van der Waals surface area contributed by atoms with E-state index in [1.165, 1.54) is 15.6 Å². The number of piperidine rings is 1. The molecule has 0 aliphatic carbocycles. The molecule has 33 heavy (non-hydrogen) atoms. The molecular weight excluding hydrogens is 460 g/mol. The Kier molecular flexibility index (Phi) is 5.73. The summed E-state index contributed by atoms with van der Waals surface area (Å²) in [6, 6.07) is 14.3. The van der Waals surface area contributed by atoms with Gasteiger partial charge >= 0.3 is 0 Å². The van der Waals surface area contributed by atoms with E-state index < -0.39 is 15.9 Å². The smallest absolute Gasteiger partial charge is 0.245 e. The molecule has 0 saturated carbocycles. The molecule has 0 radical (unpaired) electrons. The average Bonchev–Trinajstić information content (AvgIpc) is 3.25. The first-order chi connectivity index (χ1) is 16.0. The van der Waals surface area contributed by atoms with Crippen LogP contribution in [0.5, 0.6) is 5.75 Å². The monoisotopic (exact) mass is 482 g/mol. The molecule has 3 heterocycles. The lowest BCUT2D eigenvalue weighted by atomic mass is 9.99. The fraction of sp³-hybridized carbons (Fsp3) is 0.261. The predicted octanol–water partition coefficient (Wildman–Crippen LogP) is 3.89. The van der Waals surface area contributed by atoms with Crippen molar-refractivity contribution in [1.29, 1.82) is 0 Å². The summed E-state index contributed by atoms with van der Waals surface area (Å²) in [6.45, 7) is 0.492. The molecule has 10 heteroatoms. The van der Waals surface area contributed by atoms with Crippen LogP contribution >= 0.6 is 11.3 Å². The molecule has 1 atom stereocenters. The third-order valence-electron chi connectivity index (χ3n) is 5.79. The Morgan fingerprint density at radius 3 is 2.91 bits per heavy atom. The molecule has 1 unspecified atom stereocenters. The summed E-state index contributed by atoms with van der Waals surface area (Å²) in [4.78, 5) is 21.9. The topological polar surface area (TPSA) is 101 Å². The van der Waals surface area contributed by atoms with Gasteiger partial charge in [0.25, 0.3) is 0 Å². The van der Waals surface area contributed by atoms with Gasteiger partial charge < -0.3 is 10.1 Å².